The maximum atomic E-state index is 13.3. The summed E-state index contributed by atoms with van der Waals surface area (Å²) < 4.78 is 83.2. The van der Waals surface area contributed by atoms with Gasteiger partial charge >= 0.3 is 12.4 Å². The van der Waals surface area contributed by atoms with Gasteiger partial charge in [-0.05, 0) is 29.8 Å². The van der Waals surface area contributed by atoms with Gasteiger partial charge in [-0.2, -0.15) is 31.6 Å². The van der Waals surface area contributed by atoms with Crippen molar-refractivity contribution in [1.29, 1.82) is 5.26 Å². The van der Waals surface area contributed by atoms with Crippen LogP contribution in [-0.2, 0) is 28.4 Å². The summed E-state index contributed by atoms with van der Waals surface area (Å²) in [4.78, 5) is 12.4. The predicted molar refractivity (Wildman–Crippen MR) is 89.2 cm³/mol. The van der Waals surface area contributed by atoms with Crippen LogP contribution in [0.25, 0.3) is 0 Å². The molecule has 4 nitrogen and oxygen atoms in total. The van der Waals surface area contributed by atoms with E-state index >= 15 is 0 Å². The largest absolute Gasteiger partial charge is 0.416 e. The van der Waals surface area contributed by atoms with E-state index in [0.29, 0.717) is 23.3 Å². The van der Waals surface area contributed by atoms with Crippen LogP contribution in [0.15, 0.2) is 42.5 Å². The van der Waals surface area contributed by atoms with E-state index in [0.717, 1.165) is 7.11 Å². The number of rotatable bonds is 5. The number of amides is 1. The van der Waals surface area contributed by atoms with E-state index in [4.69, 9.17) is 10.00 Å². The zero-order valence-electron chi connectivity index (χ0n) is 14.9. The molecule has 0 aliphatic carbocycles. The molecule has 1 amide bonds. The summed E-state index contributed by atoms with van der Waals surface area (Å²) in [5.41, 5.74) is -2.87. The van der Waals surface area contributed by atoms with Crippen molar-refractivity contribution in [1.82, 2.24) is 5.32 Å². The second-order valence-corrected chi connectivity index (χ2v) is 5.94. The smallest absolute Gasteiger partial charge is 0.367 e. The second kappa shape index (κ2) is 8.53. The molecule has 2 aromatic rings. The lowest BCUT2D eigenvalue weighted by atomic mass is 9.98. The third-order valence-electron chi connectivity index (χ3n) is 3.99. The average Bonchev–Trinajstić information content (AvgIpc) is 2.66. The third kappa shape index (κ3) is 5.48. The first-order valence-electron chi connectivity index (χ1n) is 8.05. The van der Waals surface area contributed by atoms with E-state index < -0.39 is 41.1 Å². The molecule has 0 bridgehead atoms. The van der Waals surface area contributed by atoms with Gasteiger partial charge in [-0.3, -0.25) is 4.79 Å². The molecule has 154 valence electrons. The molecule has 0 fully saturated rings. The number of alkyl halides is 6. The molecule has 1 atom stereocenters. The highest BCUT2D eigenvalue weighted by Crippen LogP contribution is 2.39. The number of benzene rings is 2. The van der Waals surface area contributed by atoms with E-state index in [1.54, 1.807) is 12.1 Å². The number of hydrogen-bond acceptors (Lipinski definition) is 3. The molecule has 0 unspecified atom stereocenters. The third-order valence-corrected chi connectivity index (χ3v) is 3.99. The van der Waals surface area contributed by atoms with Gasteiger partial charge in [0.05, 0.1) is 22.8 Å². The number of nitrogens with one attached hydrogen (secondary N) is 1. The highest BCUT2D eigenvalue weighted by molar-refractivity contribution is 5.82. The van der Waals surface area contributed by atoms with Crippen LogP contribution in [0.5, 0.6) is 0 Å². The van der Waals surface area contributed by atoms with Crippen LogP contribution in [0.3, 0.4) is 0 Å². The zero-order chi connectivity index (χ0) is 21.8. The molecule has 2 rings (SSSR count). The Morgan fingerprint density at radius 3 is 2.17 bits per heavy atom. The number of halogens is 6. The lowest BCUT2D eigenvalue weighted by Crippen LogP contribution is -2.31. The minimum absolute atomic E-state index is 0.0464. The molecule has 0 spiro atoms. The fourth-order valence-corrected chi connectivity index (χ4v) is 2.56. The van der Waals surface area contributed by atoms with Gasteiger partial charge in [0.1, 0.15) is 0 Å². The Hall–Kier alpha value is -3.06. The molecule has 0 aliphatic rings. The highest BCUT2D eigenvalue weighted by atomic mass is 19.4. The normalized spacial score (nSPS) is 12.9. The van der Waals surface area contributed by atoms with Gasteiger partial charge in [0.15, 0.2) is 6.10 Å². The number of ether oxygens (including phenoxy) is 1. The quantitative estimate of drug-likeness (QED) is 0.725. The number of carbonyl (C=O) groups excluding carboxylic acids is 1. The molecule has 0 aliphatic heterocycles. The lowest BCUT2D eigenvalue weighted by molar-refractivity contribution is -0.145. The molecular weight excluding hydrogens is 402 g/mol. The van der Waals surface area contributed by atoms with Crippen molar-refractivity contribution in [2.24, 2.45) is 0 Å². The van der Waals surface area contributed by atoms with E-state index in [1.807, 2.05) is 6.07 Å². The first kappa shape index (κ1) is 22.2. The molecule has 0 radical (unpaired) electrons. The molecule has 10 heteroatoms. The van der Waals surface area contributed by atoms with E-state index in [-0.39, 0.29) is 12.6 Å². The Morgan fingerprint density at radius 1 is 1.07 bits per heavy atom. The van der Waals surface area contributed by atoms with Gasteiger partial charge in [-0.15, -0.1) is 0 Å². The van der Waals surface area contributed by atoms with Gasteiger partial charge in [0.2, 0.25) is 0 Å². The standard InChI is InChI=1S/C19H14F6N2O2/c1-29-16(17(28)27-10-12-4-2-11(9-26)3-5-12)14-7-6-13(18(20,21)22)8-15(14)19(23,24)25/h2-8,16H,10H2,1H3,(H,27,28)/t16-/m0/s1. The predicted octanol–water partition coefficient (Wildman–Crippen LogP) is 4.60. The van der Waals surface area contributed by atoms with E-state index in [2.05, 4.69) is 5.32 Å². The van der Waals surface area contributed by atoms with Crippen molar-refractivity contribution in [3.63, 3.8) is 0 Å². The topological polar surface area (TPSA) is 62.1 Å². The summed E-state index contributed by atoms with van der Waals surface area (Å²) in [5.74, 6) is -0.956. The van der Waals surface area contributed by atoms with Crippen LogP contribution < -0.4 is 5.32 Å². The van der Waals surface area contributed by atoms with Crippen molar-refractivity contribution >= 4 is 5.91 Å². The first-order valence-corrected chi connectivity index (χ1v) is 8.05. The highest BCUT2D eigenvalue weighted by Gasteiger charge is 2.40. The van der Waals surface area contributed by atoms with Crippen molar-refractivity contribution < 1.29 is 35.9 Å². The monoisotopic (exact) mass is 416 g/mol. The Morgan fingerprint density at radius 2 is 1.69 bits per heavy atom. The second-order valence-electron chi connectivity index (χ2n) is 5.94. The van der Waals surface area contributed by atoms with Crippen LogP contribution >= 0.6 is 0 Å². The zero-order valence-corrected chi connectivity index (χ0v) is 14.9. The SMILES string of the molecule is CO[C@H](C(=O)NCc1ccc(C#N)cc1)c1ccc(C(F)(F)F)cc1C(F)(F)F. The number of carbonyl (C=O) groups is 1. The number of hydrogen-bond donors (Lipinski definition) is 1. The summed E-state index contributed by atoms with van der Waals surface area (Å²) in [7, 11) is 0.976. The van der Waals surface area contributed by atoms with Gasteiger partial charge < -0.3 is 10.1 Å². The van der Waals surface area contributed by atoms with Gasteiger partial charge in [0.25, 0.3) is 5.91 Å². The van der Waals surface area contributed by atoms with E-state index in [9.17, 15) is 31.1 Å². The van der Waals surface area contributed by atoms with Crippen LogP contribution in [0.1, 0.15) is 33.9 Å². The molecule has 0 heterocycles. The van der Waals surface area contributed by atoms with Gasteiger partial charge in [0, 0.05) is 19.2 Å². The maximum absolute atomic E-state index is 13.3. The summed E-state index contributed by atoms with van der Waals surface area (Å²) in [6.45, 7) is -0.0770. The lowest BCUT2D eigenvalue weighted by Gasteiger charge is -2.21. The fourth-order valence-electron chi connectivity index (χ4n) is 2.56. The van der Waals surface area contributed by atoms with Crippen LogP contribution in [0.4, 0.5) is 26.3 Å². The molecule has 2 aromatic carbocycles. The minimum atomic E-state index is -5.12. The van der Waals surface area contributed by atoms with Crippen LogP contribution in [-0.4, -0.2) is 13.0 Å². The van der Waals surface area contributed by atoms with Crippen molar-refractivity contribution in [2.75, 3.05) is 7.11 Å². The Kier molecular flexibility index (Phi) is 6.54. The average molecular weight is 416 g/mol. The summed E-state index contributed by atoms with van der Waals surface area (Å²) in [6.07, 6.45) is -11.9. The molecule has 1 N–H and O–H groups in total. The number of methoxy groups -OCH3 is 1. The molecular formula is C19H14F6N2O2. The Labute approximate surface area is 161 Å². The first-order chi connectivity index (χ1) is 13.5. The van der Waals surface area contributed by atoms with Crippen molar-refractivity contribution in [3.05, 3.63) is 70.3 Å². The molecule has 0 aromatic heterocycles. The molecule has 0 saturated heterocycles. The van der Waals surface area contributed by atoms with Crippen LogP contribution in [0.2, 0.25) is 0 Å². The van der Waals surface area contributed by atoms with Crippen LogP contribution in [0, 0.1) is 11.3 Å². The molecule has 0 saturated carbocycles. The fraction of sp³-hybridized carbons (Fsp3) is 0.263. The van der Waals surface area contributed by atoms with E-state index in [1.165, 1.54) is 12.1 Å². The van der Waals surface area contributed by atoms with Crippen molar-refractivity contribution in [2.45, 2.75) is 25.0 Å². The number of nitriles is 1. The van der Waals surface area contributed by atoms with Gasteiger partial charge in [-0.25, -0.2) is 0 Å². The van der Waals surface area contributed by atoms with Crippen molar-refractivity contribution in [3.8, 4) is 6.07 Å². The minimum Gasteiger partial charge on any atom is -0.367 e. The van der Waals surface area contributed by atoms with Gasteiger partial charge in [-0.1, -0.05) is 18.2 Å². The Balaban J connectivity index is 2.29. The summed E-state index contributed by atoms with van der Waals surface area (Å²) in [5, 5.41) is 11.1. The molecule has 29 heavy (non-hydrogen) atoms. The Bertz CT molecular complexity index is 914. The summed E-state index contributed by atoms with van der Waals surface area (Å²) >= 11 is 0. The summed E-state index contributed by atoms with van der Waals surface area (Å²) in [6, 6.07) is 8.98. The maximum Gasteiger partial charge on any atom is 0.416 e. The number of nitrogens with zero attached hydrogens (tertiary/aromatic N) is 1.